The predicted molar refractivity (Wildman–Crippen MR) is 124 cm³/mol. The first-order valence-corrected chi connectivity index (χ1v) is 11.1. The van der Waals surface area contributed by atoms with Crippen LogP contribution in [0.3, 0.4) is 0 Å². The van der Waals surface area contributed by atoms with Crippen molar-refractivity contribution >= 4 is 11.7 Å². The van der Waals surface area contributed by atoms with Crippen molar-refractivity contribution in [3.8, 4) is 0 Å². The van der Waals surface area contributed by atoms with Crippen molar-refractivity contribution in [2.75, 3.05) is 38.0 Å². The van der Waals surface area contributed by atoms with E-state index in [4.69, 9.17) is 0 Å². The topological polar surface area (TPSA) is 79.2 Å². The predicted octanol–water partition coefficient (Wildman–Crippen LogP) is 2.13. The van der Waals surface area contributed by atoms with Gasteiger partial charge in [-0.25, -0.2) is 0 Å². The Morgan fingerprint density at radius 2 is 1.91 bits per heavy atom. The number of carbonyl (C=O) groups excluding carboxylic acids is 1. The highest BCUT2D eigenvalue weighted by molar-refractivity contribution is 5.91. The molecule has 1 unspecified atom stereocenters. The average molecular weight is 434 g/mol. The monoisotopic (exact) mass is 433 g/mol. The van der Waals surface area contributed by atoms with E-state index in [9.17, 15) is 4.79 Å². The fourth-order valence-electron chi connectivity index (χ4n) is 4.25. The van der Waals surface area contributed by atoms with Gasteiger partial charge in [-0.05, 0) is 24.8 Å². The molecule has 3 aromatic rings. The summed E-state index contributed by atoms with van der Waals surface area (Å²) in [6, 6.07) is 12.4. The smallest absolute Gasteiger partial charge is 0.239 e. The molecule has 3 heterocycles. The van der Waals surface area contributed by atoms with Crippen LogP contribution in [0.25, 0.3) is 0 Å². The summed E-state index contributed by atoms with van der Waals surface area (Å²) in [6.45, 7) is 6.80. The number of anilines is 1. The van der Waals surface area contributed by atoms with E-state index in [2.05, 4.69) is 54.4 Å². The molecule has 1 N–H and O–H groups in total. The second-order valence-corrected chi connectivity index (χ2v) is 8.57. The molecule has 1 amide bonds. The van der Waals surface area contributed by atoms with Crippen LogP contribution in [0.1, 0.15) is 17.0 Å². The molecule has 32 heavy (non-hydrogen) atoms. The van der Waals surface area contributed by atoms with E-state index in [-0.39, 0.29) is 5.91 Å². The third-order valence-corrected chi connectivity index (χ3v) is 5.88. The third-order valence-electron chi connectivity index (χ3n) is 5.88. The Morgan fingerprint density at radius 1 is 1.12 bits per heavy atom. The standard InChI is InChI=1S/C24H31N7O/c1-19-12-23(28-29(19)2)27-24(32)18-31-11-10-30(15-20-6-4-3-5-7-20)16-21(17-31)13-22-14-25-8-9-26-22/h3-9,12,14,21H,10-11,13,15-18H2,1-2H3,(H,27,28,32). The lowest BCUT2D eigenvalue weighted by Gasteiger charge is -2.24. The number of hydrogen-bond donors (Lipinski definition) is 1. The highest BCUT2D eigenvalue weighted by Crippen LogP contribution is 2.17. The highest BCUT2D eigenvalue weighted by atomic mass is 16.2. The zero-order valence-electron chi connectivity index (χ0n) is 18.8. The van der Waals surface area contributed by atoms with Gasteiger partial charge in [0.05, 0.1) is 12.2 Å². The Hall–Kier alpha value is -3.10. The van der Waals surface area contributed by atoms with Crippen LogP contribution in [-0.2, 0) is 24.8 Å². The first-order chi connectivity index (χ1) is 15.5. The number of aromatic nitrogens is 4. The molecule has 1 aromatic carbocycles. The minimum absolute atomic E-state index is 0.0298. The van der Waals surface area contributed by atoms with Gasteiger partial charge in [0.1, 0.15) is 0 Å². The van der Waals surface area contributed by atoms with E-state index in [1.807, 2.05) is 32.3 Å². The van der Waals surface area contributed by atoms with Crippen LogP contribution < -0.4 is 5.32 Å². The molecule has 0 bridgehead atoms. The lowest BCUT2D eigenvalue weighted by molar-refractivity contribution is -0.117. The molecule has 4 rings (SSSR count). The second-order valence-electron chi connectivity index (χ2n) is 8.57. The number of benzene rings is 1. The summed E-state index contributed by atoms with van der Waals surface area (Å²) >= 11 is 0. The fraction of sp³-hybridized carbons (Fsp3) is 0.417. The van der Waals surface area contributed by atoms with Crippen LogP contribution in [0, 0.1) is 12.8 Å². The minimum Gasteiger partial charge on any atom is -0.308 e. The highest BCUT2D eigenvalue weighted by Gasteiger charge is 2.25. The molecule has 1 atom stereocenters. The molecule has 2 aromatic heterocycles. The lowest BCUT2D eigenvalue weighted by Crippen LogP contribution is -2.37. The zero-order valence-corrected chi connectivity index (χ0v) is 18.8. The Balaban J connectivity index is 1.42. The van der Waals surface area contributed by atoms with Crippen LogP contribution in [0.5, 0.6) is 0 Å². The van der Waals surface area contributed by atoms with Gasteiger partial charge in [-0.15, -0.1) is 0 Å². The number of hydrogen-bond acceptors (Lipinski definition) is 6. The normalized spacial score (nSPS) is 17.8. The van der Waals surface area contributed by atoms with Crippen molar-refractivity contribution in [1.29, 1.82) is 0 Å². The fourth-order valence-corrected chi connectivity index (χ4v) is 4.25. The Bertz CT molecular complexity index is 986. The van der Waals surface area contributed by atoms with Gasteiger partial charge in [0.25, 0.3) is 0 Å². The van der Waals surface area contributed by atoms with E-state index in [0.717, 1.165) is 50.5 Å². The Kier molecular flexibility index (Phi) is 7.24. The molecule has 0 saturated carbocycles. The number of nitrogens with zero attached hydrogens (tertiary/aromatic N) is 6. The minimum atomic E-state index is -0.0298. The van der Waals surface area contributed by atoms with E-state index in [1.54, 1.807) is 17.1 Å². The second kappa shape index (κ2) is 10.5. The van der Waals surface area contributed by atoms with Gasteiger partial charge in [-0.1, -0.05) is 30.3 Å². The van der Waals surface area contributed by atoms with Gasteiger partial charge >= 0.3 is 0 Å². The maximum Gasteiger partial charge on any atom is 0.239 e. The van der Waals surface area contributed by atoms with Gasteiger partial charge in [0.2, 0.25) is 5.91 Å². The van der Waals surface area contributed by atoms with Gasteiger partial charge < -0.3 is 5.32 Å². The summed E-state index contributed by atoms with van der Waals surface area (Å²) in [6.07, 6.45) is 6.13. The van der Waals surface area contributed by atoms with Crippen molar-refractivity contribution < 1.29 is 4.79 Å². The quantitative estimate of drug-likeness (QED) is 0.615. The van der Waals surface area contributed by atoms with Crippen molar-refractivity contribution in [3.05, 3.63) is 71.9 Å². The number of aryl methyl sites for hydroxylation is 2. The molecular formula is C24H31N7O. The number of nitrogens with one attached hydrogen (secondary N) is 1. The van der Waals surface area contributed by atoms with Gasteiger partial charge in [0.15, 0.2) is 5.82 Å². The van der Waals surface area contributed by atoms with E-state index in [1.165, 1.54) is 5.56 Å². The summed E-state index contributed by atoms with van der Waals surface area (Å²) in [5.41, 5.74) is 3.31. The number of amides is 1. The van der Waals surface area contributed by atoms with E-state index < -0.39 is 0 Å². The molecule has 1 fully saturated rings. The first kappa shape index (κ1) is 22.1. The molecule has 1 aliphatic rings. The van der Waals surface area contributed by atoms with Crippen molar-refractivity contribution in [2.45, 2.75) is 19.9 Å². The van der Waals surface area contributed by atoms with Crippen LogP contribution in [0.15, 0.2) is 55.0 Å². The molecule has 8 heteroatoms. The van der Waals surface area contributed by atoms with Gasteiger partial charge in [-0.3, -0.25) is 29.2 Å². The Labute approximate surface area is 189 Å². The summed E-state index contributed by atoms with van der Waals surface area (Å²) in [5, 5.41) is 7.27. The third kappa shape index (κ3) is 6.21. The van der Waals surface area contributed by atoms with E-state index in [0.29, 0.717) is 18.3 Å². The van der Waals surface area contributed by atoms with Gasteiger partial charge in [0, 0.05) is 70.1 Å². The summed E-state index contributed by atoms with van der Waals surface area (Å²) < 4.78 is 1.76. The molecular weight excluding hydrogens is 402 g/mol. The maximum atomic E-state index is 12.7. The lowest BCUT2D eigenvalue weighted by atomic mass is 10.0. The van der Waals surface area contributed by atoms with Crippen LogP contribution in [0.2, 0.25) is 0 Å². The van der Waals surface area contributed by atoms with Crippen molar-refractivity contribution in [1.82, 2.24) is 29.5 Å². The molecule has 0 aliphatic carbocycles. The molecule has 1 saturated heterocycles. The van der Waals surface area contributed by atoms with Crippen molar-refractivity contribution in [3.63, 3.8) is 0 Å². The number of carbonyl (C=O) groups is 1. The Morgan fingerprint density at radius 3 is 2.62 bits per heavy atom. The maximum absolute atomic E-state index is 12.7. The van der Waals surface area contributed by atoms with Crippen LogP contribution in [0.4, 0.5) is 5.82 Å². The molecule has 1 aliphatic heterocycles. The van der Waals surface area contributed by atoms with Crippen LogP contribution >= 0.6 is 0 Å². The SMILES string of the molecule is Cc1cc(NC(=O)CN2CCN(Cc3ccccc3)CC(Cc3cnccn3)C2)nn1C. The van der Waals surface area contributed by atoms with Crippen LogP contribution in [-0.4, -0.2) is 68.2 Å². The molecule has 0 radical (unpaired) electrons. The zero-order chi connectivity index (χ0) is 22.3. The van der Waals surface area contributed by atoms with Crippen molar-refractivity contribution in [2.24, 2.45) is 13.0 Å². The summed E-state index contributed by atoms with van der Waals surface area (Å²) in [4.78, 5) is 26.1. The largest absolute Gasteiger partial charge is 0.308 e. The molecule has 168 valence electrons. The summed E-state index contributed by atoms with van der Waals surface area (Å²) in [7, 11) is 1.87. The number of rotatable bonds is 7. The van der Waals surface area contributed by atoms with Gasteiger partial charge in [-0.2, -0.15) is 5.10 Å². The summed E-state index contributed by atoms with van der Waals surface area (Å²) in [5.74, 6) is 0.937. The average Bonchev–Trinajstić information content (AvgIpc) is 2.97. The molecule has 8 nitrogen and oxygen atoms in total. The van der Waals surface area contributed by atoms with E-state index >= 15 is 0 Å². The first-order valence-electron chi connectivity index (χ1n) is 11.1. The molecule has 0 spiro atoms.